The zero-order valence-electron chi connectivity index (χ0n) is 37.0. The van der Waals surface area contributed by atoms with Gasteiger partial charge in [-0.3, -0.25) is 0 Å². The fourth-order valence-electron chi connectivity index (χ4n) is 11.1. The molecule has 0 fully saturated rings. The molecule has 0 radical (unpaired) electrons. The van der Waals surface area contributed by atoms with Gasteiger partial charge in [0.15, 0.2) is 0 Å². The lowest BCUT2D eigenvalue weighted by Crippen LogP contribution is -2.28. The van der Waals surface area contributed by atoms with Crippen molar-refractivity contribution in [1.29, 1.82) is 0 Å². The van der Waals surface area contributed by atoms with Crippen LogP contribution in [0.2, 0.25) is 0 Å². The molecule has 0 amide bonds. The minimum atomic E-state index is -0.572. The number of anilines is 3. The number of halogens is 1. The third kappa shape index (κ3) is 6.24. The van der Waals surface area contributed by atoms with E-state index >= 15 is 0 Å². The highest BCUT2D eigenvalue weighted by Crippen LogP contribution is 2.57. The van der Waals surface area contributed by atoms with Gasteiger partial charge in [-0.15, -0.1) is 0 Å². The molecule has 3 heteroatoms. The predicted molar refractivity (Wildman–Crippen MR) is 279 cm³/mol. The highest BCUT2D eigenvalue weighted by Gasteiger charge is 2.46. The molecular weight excluding hydrogens is 830 g/mol. The fourth-order valence-corrected chi connectivity index (χ4v) is 11.1. The number of para-hydroxylation sites is 1. The lowest BCUT2D eigenvalue weighted by Gasteiger charge is -2.35. The lowest BCUT2D eigenvalue weighted by molar-refractivity contribution is 0.628. The summed E-state index contributed by atoms with van der Waals surface area (Å²) in [6, 6.07) is 90.1. The van der Waals surface area contributed by atoms with Crippen molar-refractivity contribution in [2.75, 3.05) is 4.90 Å². The first-order valence-corrected chi connectivity index (χ1v) is 23.2. The lowest BCUT2D eigenvalue weighted by atomic mass is 9.67. The fraction of sp³-hybridized carbons (Fsp3) is 0.0154. The van der Waals surface area contributed by atoms with Crippen molar-refractivity contribution in [1.82, 2.24) is 0 Å². The second-order valence-corrected chi connectivity index (χ2v) is 17.7. The molecule has 0 aliphatic heterocycles. The zero-order valence-corrected chi connectivity index (χ0v) is 37.0. The summed E-state index contributed by atoms with van der Waals surface area (Å²) >= 11 is 0. The molecule has 0 spiro atoms. The summed E-state index contributed by atoms with van der Waals surface area (Å²) in [5, 5.41) is 4.45. The summed E-state index contributed by atoms with van der Waals surface area (Å²) in [5.74, 6) is -0.249. The number of nitrogens with zero attached hydrogens (tertiary/aromatic N) is 1. The molecule has 0 N–H and O–H groups in total. The summed E-state index contributed by atoms with van der Waals surface area (Å²) in [6.45, 7) is 0. The Morgan fingerprint density at radius 3 is 1.54 bits per heavy atom. The molecule has 12 aromatic rings. The van der Waals surface area contributed by atoms with Crippen molar-refractivity contribution in [3.8, 4) is 44.5 Å². The first-order valence-electron chi connectivity index (χ1n) is 23.2. The molecule has 320 valence electrons. The molecule has 2 nitrogen and oxygen atoms in total. The molecular formula is C65H42FNO. The van der Waals surface area contributed by atoms with Gasteiger partial charge in [-0.1, -0.05) is 194 Å². The molecule has 11 aromatic carbocycles. The van der Waals surface area contributed by atoms with Gasteiger partial charge < -0.3 is 9.32 Å². The average Bonchev–Trinajstić information content (AvgIpc) is 3.93. The third-order valence-electron chi connectivity index (χ3n) is 14.0. The Labute approximate surface area is 394 Å². The topological polar surface area (TPSA) is 16.4 Å². The predicted octanol–water partition coefficient (Wildman–Crippen LogP) is 17.7. The molecule has 1 aliphatic carbocycles. The average molecular weight is 872 g/mol. The van der Waals surface area contributed by atoms with Gasteiger partial charge in [-0.25, -0.2) is 4.39 Å². The van der Waals surface area contributed by atoms with Crippen LogP contribution in [0.5, 0.6) is 0 Å². The quantitative estimate of drug-likeness (QED) is 0.151. The molecule has 0 saturated heterocycles. The van der Waals surface area contributed by atoms with Crippen LogP contribution in [0, 0.1) is 5.82 Å². The zero-order chi connectivity index (χ0) is 45.2. The molecule has 13 rings (SSSR count). The van der Waals surface area contributed by atoms with Gasteiger partial charge in [0.1, 0.15) is 17.0 Å². The van der Waals surface area contributed by atoms with E-state index in [4.69, 9.17) is 4.42 Å². The van der Waals surface area contributed by atoms with Gasteiger partial charge in [0.2, 0.25) is 0 Å². The summed E-state index contributed by atoms with van der Waals surface area (Å²) in [7, 11) is 0. The first-order chi connectivity index (χ1) is 33.6. The van der Waals surface area contributed by atoms with Crippen LogP contribution in [0.15, 0.2) is 259 Å². The van der Waals surface area contributed by atoms with Gasteiger partial charge in [0, 0.05) is 27.8 Å². The SMILES string of the molecule is Fc1ccc(-c2cccc3cccc(-c4cccc(N(c5cccc(-c6cccc7oc8ccccc8c67)c5)c5ccc6c(c5)C(c5ccccc5)(c5ccccc5)c5ccccc5-6)c4)c23)cc1. The van der Waals surface area contributed by atoms with E-state index in [0.717, 1.165) is 83.2 Å². The maximum absolute atomic E-state index is 14.2. The van der Waals surface area contributed by atoms with Crippen LogP contribution in [0.1, 0.15) is 22.3 Å². The van der Waals surface area contributed by atoms with E-state index in [1.807, 2.05) is 24.3 Å². The maximum atomic E-state index is 14.2. The second-order valence-electron chi connectivity index (χ2n) is 17.7. The Balaban J connectivity index is 1.05. The summed E-state index contributed by atoms with van der Waals surface area (Å²) in [5.41, 5.74) is 18.1. The van der Waals surface area contributed by atoms with E-state index < -0.39 is 5.41 Å². The van der Waals surface area contributed by atoms with Crippen molar-refractivity contribution in [3.63, 3.8) is 0 Å². The van der Waals surface area contributed by atoms with Gasteiger partial charge in [0.05, 0.1) is 5.41 Å². The minimum absolute atomic E-state index is 0.249. The van der Waals surface area contributed by atoms with Crippen LogP contribution in [0.25, 0.3) is 77.2 Å². The molecule has 1 aromatic heterocycles. The van der Waals surface area contributed by atoms with Crippen LogP contribution in [-0.2, 0) is 5.41 Å². The van der Waals surface area contributed by atoms with E-state index in [0.29, 0.717) is 0 Å². The first kappa shape index (κ1) is 39.6. The van der Waals surface area contributed by atoms with Crippen LogP contribution < -0.4 is 4.90 Å². The molecule has 0 atom stereocenters. The third-order valence-corrected chi connectivity index (χ3v) is 14.0. The van der Waals surface area contributed by atoms with Crippen LogP contribution >= 0.6 is 0 Å². The standard InChI is InChI=1S/C65H42FNO/c66-49-36-34-43(35-37-49)53-28-13-16-44-17-14-29-54(63(44)53)45-18-11-24-50(40-45)67(51-25-12-19-46(41-51)55-30-15-33-62-64(55)58-27-8-10-32-61(58)68-62)52-38-39-57-56-26-7-9-31-59(56)65(60(57)42-52,47-20-3-1-4-21-47)48-22-5-2-6-23-48/h1-42H. The number of rotatable bonds is 8. The Bertz CT molecular complexity index is 3830. The summed E-state index contributed by atoms with van der Waals surface area (Å²) in [4.78, 5) is 2.41. The smallest absolute Gasteiger partial charge is 0.136 e. The van der Waals surface area contributed by atoms with Crippen molar-refractivity contribution in [2.24, 2.45) is 0 Å². The maximum Gasteiger partial charge on any atom is 0.136 e. The van der Waals surface area contributed by atoms with Gasteiger partial charge in [-0.05, 0) is 138 Å². The second kappa shape index (κ2) is 16.0. The van der Waals surface area contributed by atoms with Crippen molar-refractivity contribution in [2.45, 2.75) is 5.41 Å². The van der Waals surface area contributed by atoms with E-state index in [9.17, 15) is 4.39 Å². The van der Waals surface area contributed by atoms with E-state index in [1.165, 1.54) is 45.5 Å². The Hall–Kier alpha value is -8.79. The van der Waals surface area contributed by atoms with Crippen LogP contribution in [-0.4, -0.2) is 0 Å². The largest absolute Gasteiger partial charge is 0.456 e. The van der Waals surface area contributed by atoms with Gasteiger partial charge in [-0.2, -0.15) is 0 Å². The van der Waals surface area contributed by atoms with Crippen molar-refractivity contribution < 1.29 is 8.81 Å². The molecule has 1 heterocycles. The molecule has 0 saturated carbocycles. The van der Waals surface area contributed by atoms with Crippen molar-refractivity contribution >= 4 is 49.8 Å². The molecule has 0 unspecified atom stereocenters. The van der Waals surface area contributed by atoms with Gasteiger partial charge >= 0.3 is 0 Å². The number of furan rings is 1. The summed E-state index contributed by atoms with van der Waals surface area (Å²) in [6.07, 6.45) is 0. The van der Waals surface area contributed by atoms with E-state index in [2.05, 4.69) is 223 Å². The monoisotopic (exact) mass is 871 g/mol. The van der Waals surface area contributed by atoms with Crippen LogP contribution in [0.4, 0.5) is 21.5 Å². The highest BCUT2D eigenvalue weighted by molar-refractivity contribution is 6.13. The molecule has 0 bridgehead atoms. The number of fused-ring (bicyclic) bond motifs is 7. The minimum Gasteiger partial charge on any atom is -0.456 e. The summed E-state index contributed by atoms with van der Waals surface area (Å²) < 4.78 is 20.6. The normalized spacial score (nSPS) is 12.6. The molecule has 68 heavy (non-hydrogen) atoms. The number of hydrogen-bond acceptors (Lipinski definition) is 2. The molecule has 1 aliphatic rings. The Kier molecular flexibility index (Phi) is 9.29. The van der Waals surface area contributed by atoms with Gasteiger partial charge in [0.25, 0.3) is 0 Å². The van der Waals surface area contributed by atoms with E-state index in [1.54, 1.807) is 0 Å². The van der Waals surface area contributed by atoms with E-state index in [-0.39, 0.29) is 5.82 Å². The Morgan fingerprint density at radius 2 is 0.853 bits per heavy atom. The van der Waals surface area contributed by atoms with Crippen molar-refractivity contribution in [3.05, 3.63) is 283 Å². The Morgan fingerprint density at radius 1 is 0.338 bits per heavy atom. The highest BCUT2D eigenvalue weighted by atomic mass is 19.1. The number of benzene rings is 11. The van der Waals surface area contributed by atoms with Crippen LogP contribution in [0.3, 0.4) is 0 Å². The number of hydrogen-bond donors (Lipinski definition) is 0.